The van der Waals surface area contributed by atoms with E-state index in [1.165, 1.54) is 0 Å². The minimum atomic E-state index is 0.0144. The van der Waals surface area contributed by atoms with E-state index in [1.807, 2.05) is 44.2 Å². The second kappa shape index (κ2) is 6.67. The normalized spacial score (nSPS) is 11.6. The quantitative estimate of drug-likeness (QED) is 0.527. The van der Waals surface area contributed by atoms with Crippen LogP contribution in [0.5, 0.6) is 0 Å². The predicted molar refractivity (Wildman–Crippen MR) is 104 cm³/mol. The number of aromatic nitrogens is 2. The van der Waals surface area contributed by atoms with Crippen molar-refractivity contribution in [2.45, 2.75) is 40.2 Å². The van der Waals surface area contributed by atoms with Gasteiger partial charge < -0.3 is 14.0 Å². The van der Waals surface area contributed by atoms with E-state index in [1.54, 1.807) is 0 Å². The van der Waals surface area contributed by atoms with Crippen LogP contribution in [0.1, 0.15) is 42.5 Å². The van der Waals surface area contributed by atoms with E-state index in [0.29, 0.717) is 0 Å². The van der Waals surface area contributed by atoms with Gasteiger partial charge in [0.2, 0.25) is 0 Å². The highest BCUT2D eigenvalue weighted by molar-refractivity contribution is 5.93. The van der Waals surface area contributed by atoms with Gasteiger partial charge in [0.1, 0.15) is 17.2 Å². The number of pyridine rings is 1. The zero-order chi connectivity index (χ0) is 19.1. The molecule has 4 rings (SSSR count). The number of hydrogen-bond acceptors (Lipinski definition) is 5. The van der Waals surface area contributed by atoms with Crippen molar-refractivity contribution >= 4 is 11.0 Å². The number of furan rings is 1. The molecule has 0 bridgehead atoms. The fourth-order valence-electron chi connectivity index (χ4n) is 3.29. The van der Waals surface area contributed by atoms with Crippen molar-refractivity contribution < 1.29 is 14.0 Å². The molecule has 0 amide bonds. The average molecular weight is 362 g/mol. The highest BCUT2D eigenvalue weighted by Crippen LogP contribution is 2.36. The van der Waals surface area contributed by atoms with Crippen molar-refractivity contribution in [2.75, 3.05) is 0 Å². The molecule has 0 unspecified atom stereocenters. The Labute approximate surface area is 157 Å². The van der Waals surface area contributed by atoms with Gasteiger partial charge in [-0.15, -0.1) is 0 Å². The molecule has 3 heterocycles. The molecule has 0 saturated carbocycles. The first-order chi connectivity index (χ1) is 13.0. The lowest BCUT2D eigenvalue weighted by Gasteiger charge is -2.07. The smallest absolute Gasteiger partial charge is 0.160 e. The lowest BCUT2D eigenvalue weighted by atomic mass is 10.0. The van der Waals surface area contributed by atoms with Crippen molar-refractivity contribution in [2.24, 2.45) is 0 Å². The number of rotatable bonds is 4. The fourth-order valence-corrected chi connectivity index (χ4v) is 3.29. The van der Waals surface area contributed by atoms with E-state index in [-0.39, 0.29) is 12.5 Å². The maximum absolute atomic E-state index is 9.31. The van der Waals surface area contributed by atoms with E-state index < -0.39 is 0 Å². The summed E-state index contributed by atoms with van der Waals surface area (Å²) in [6.45, 7) is 8.04. The van der Waals surface area contributed by atoms with Gasteiger partial charge in [-0.2, -0.15) is 0 Å². The monoisotopic (exact) mass is 362 g/mol. The van der Waals surface area contributed by atoms with Crippen molar-refractivity contribution in [3.05, 3.63) is 59.2 Å². The van der Waals surface area contributed by atoms with Gasteiger partial charge in [-0.05, 0) is 31.5 Å². The number of aryl methyl sites for hydroxylation is 2. The number of aliphatic hydroxyl groups excluding tert-OH is 1. The van der Waals surface area contributed by atoms with Crippen molar-refractivity contribution in [3.8, 4) is 22.5 Å². The van der Waals surface area contributed by atoms with E-state index in [0.717, 1.165) is 56.3 Å². The van der Waals surface area contributed by atoms with Gasteiger partial charge in [0, 0.05) is 16.9 Å². The molecule has 138 valence electrons. The summed E-state index contributed by atoms with van der Waals surface area (Å²) in [6.07, 6.45) is 0. The molecule has 27 heavy (non-hydrogen) atoms. The average Bonchev–Trinajstić information content (AvgIpc) is 3.24. The summed E-state index contributed by atoms with van der Waals surface area (Å²) in [5.74, 6) is 1.95. The van der Waals surface area contributed by atoms with E-state index in [2.05, 4.69) is 25.1 Å². The first kappa shape index (κ1) is 17.5. The van der Waals surface area contributed by atoms with Gasteiger partial charge in [-0.3, -0.25) is 0 Å². The van der Waals surface area contributed by atoms with Gasteiger partial charge in [-0.1, -0.05) is 43.3 Å². The van der Waals surface area contributed by atoms with Gasteiger partial charge in [0.15, 0.2) is 5.58 Å². The van der Waals surface area contributed by atoms with Crippen LogP contribution in [-0.2, 0) is 6.61 Å². The van der Waals surface area contributed by atoms with Crippen LogP contribution in [0.2, 0.25) is 0 Å². The Bertz CT molecular complexity index is 1090. The topological polar surface area (TPSA) is 72.3 Å². The van der Waals surface area contributed by atoms with Gasteiger partial charge in [0.25, 0.3) is 0 Å². The zero-order valence-electron chi connectivity index (χ0n) is 15.9. The summed E-state index contributed by atoms with van der Waals surface area (Å²) in [5.41, 5.74) is 5.89. The molecule has 0 aliphatic heterocycles. The SMILES string of the molecule is Cc1noc(C)c1-c1cc2cc(C(C)C)oc2c(-c2ccc(CO)cc2)n1. The number of benzene rings is 1. The molecule has 0 spiro atoms. The second-order valence-corrected chi connectivity index (χ2v) is 7.13. The fraction of sp³-hybridized carbons (Fsp3) is 0.273. The van der Waals surface area contributed by atoms with Crippen molar-refractivity contribution in [1.82, 2.24) is 10.1 Å². The maximum atomic E-state index is 9.31. The van der Waals surface area contributed by atoms with Crippen LogP contribution in [0.4, 0.5) is 0 Å². The molecule has 5 heteroatoms. The summed E-state index contributed by atoms with van der Waals surface area (Å²) in [6, 6.07) is 11.8. The van der Waals surface area contributed by atoms with Crippen LogP contribution in [-0.4, -0.2) is 15.2 Å². The van der Waals surface area contributed by atoms with Gasteiger partial charge in [0.05, 0.1) is 23.6 Å². The molecule has 0 aliphatic carbocycles. The van der Waals surface area contributed by atoms with E-state index in [4.69, 9.17) is 13.9 Å². The minimum Gasteiger partial charge on any atom is -0.458 e. The Balaban J connectivity index is 1.99. The van der Waals surface area contributed by atoms with Crippen LogP contribution in [0.15, 0.2) is 45.3 Å². The van der Waals surface area contributed by atoms with Crippen LogP contribution < -0.4 is 0 Å². The molecule has 1 N–H and O–H groups in total. The Morgan fingerprint density at radius 1 is 1.07 bits per heavy atom. The lowest BCUT2D eigenvalue weighted by molar-refractivity contribution is 0.282. The van der Waals surface area contributed by atoms with Gasteiger partial charge in [-0.25, -0.2) is 4.98 Å². The predicted octanol–water partition coefficient (Wildman–Crippen LogP) is 5.38. The molecule has 4 aromatic rings. The molecular weight excluding hydrogens is 340 g/mol. The van der Waals surface area contributed by atoms with Crippen LogP contribution in [0, 0.1) is 13.8 Å². The molecule has 0 fully saturated rings. The minimum absolute atomic E-state index is 0.0144. The third-order valence-corrected chi connectivity index (χ3v) is 4.79. The molecule has 0 atom stereocenters. The number of nitrogens with zero attached hydrogens (tertiary/aromatic N) is 2. The summed E-state index contributed by atoms with van der Waals surface area (Å²) in [7, 11) is 0. The number of hydrogen-bond donors (Lipinski definition) is 1. The van der Waals surface area contributed by atoms with Gasteiger partial charge >= 0.3 is 0 Å². The highest BCUT2D eigenvalue weighted by Gasteiger charge is 2.19. The summed E-state index contributed by atoms with van der Waals surface area (Å²) in [5, 5.41) is 14.4. The second-order valence-electron chi connectivity index (χ2n) is 7.13. The maximum Gasteiger partial charge on any atom is 0.160 e. The first-order valence-electron chi connectivity index (χ1n) is 9.05. The summed E-state index contributed by atoms with van der Waals surface area (Å²) < 4.78 is 11.5. The Kier molecular flexibility index (Phi) is 4.32. The molecule has 5 nitrogen and oxygen atoms in total. The van der Waals surface area contributed by atoms with E-state index >= 15 is 0 Å². The van der Waals surface area contributed by atoms with E-state index in [9.17, 15) is 5.11 Å². The molecule has 0 aliphatic rings. The van der Waals surface area contributed by atoms with Crippen molar-refractivity contribution in [3.63, 3.8) is 0 Å². The zero-order valence-corrected chi connectivity index (χ0v) is 15.9. The largest absolute Gasteiger partial charge is 0.458 e. The standard InChI is InChI=1S/C22H22N2O3/c1-12(2)19-10-17-9-18(20-13(3)24-27-14(20)4)23-21(22(17)26-19)16-7-5-15(11-25)6-8-16/h5-10,12,25H,11H2,1-4H3. The Morgan fingerprint density at radius 3 is 2.41 bits per heavy atom. The van der Waals surface area contributed by atoms with Crippen LogP contribution in [0.3, 0.4) is 0 Å². The summed E-state index contributed by atoms with van der Waals surface area (Å²) in [4.78, 5) is 4.91. The Hall–Kier alpha value is -2.92. The Morgan fingerprint density at radius 2 is 1.81 bits per heavy atom. The summed E-state index contributed by atoms with van der Waals surface area (Å²) >= 11 is 0. The molecule has 0 radical (unpaired) electrons. The molecule has 0 saturated heterocycles. The molecular formula is C22H22N2O3. The third kappa shape index (κ3) is 3.04. The lowest BCUT2D eigenvalue weighted by Crippen LogP contribution is -1.92. The highest BCUT2D eigenvalue weighted by atomic mass is 16.5. The van der Waals surface area contributed by atoms with Crippen molar-refractivity contribution in [1.29, 1.82) is 0 Å². The van der Waals surface area contributed by atoms with Crippen LogP contribution in [0.25, 0.3) is 33.5 Å². The molecule has 3 aromatic heterocycles. The van der Waals surface area contributed by atoms with Crippen LogP contribution >= 0.6 is 0 Å². The first-order valence-corrected chi connectivity index (χ1v) is 9.05. The number of aliphatic hydroxyl groups is 1. The molecule has 1 aromatic carbocycles. The third-order valence-electron chi connectivity index (χ3n) is 4.79. The number of fused-ring (bicyclic) bond motifs is 1.